The lowest BCUT2D eigenvalue weighted by molar-refractivity contribution is -0.139. The number of carboxylic acid groups (broad SMARTS) is 1. The van der Waals surface area contributed by atoms with Gasteiger partial charge >= 0.3 is 5.97 Å². The number of carbonyl (C=O) groups is 2. The Kier molecular flexibility index (Phi) is 5.91. The highest BCUT2D eigenvalue weighted by Crippen LogP contribution is 2.14. The van der Waals surface area contributed by atoms with Crippen molar-refractivity contribution in [1.29, 1.82) is 5.26 Å². The van der Waals surface area contributed by atoms with Gasteiger partial charge in [-0.25, -0.2) is 4.79 Å². The molecule has 0 aliphatic rings. The first-order valence-electron chi connectivity index (χ1n) is 7.53. The highest BCUT2D eigenvalue weighted by molar-refractivity contribution is 5.99. The molecule has 3 N–H and O–H groups in total. The van der Waals surface area contributed by atoms with Crippen molar-refractivity contribution >= 4 is 17.6 Å². The van der Waals surface area contributed by atoms with Gasteiger partial charge in [0.2, 0.25) is 5.91 Å². The van der Waals surface area contributed by atoms with E-state index in [-0.39, 0.29) is 0 Å². The molecule has 2 rings (SSSR count). The van der Waals surface area contributed by atoms with Gasteiger partial charge in [-0.05, 0) is 36.8 Å². The zero-order chi connectivity index (χ0) is 18.2. The van der Waals surface area contributed by atoms with Crippen LogP contribution in [-0.4, -0.2) is 17.0 Å². The van der Waals surface area contributed by atoms with E-state index in [0.29, 0.717) is 22.5 Å². The summed E-state index contributed by atoms with van der Waals surface area (Å²) in [5.74, 6) is -1.43. The Morgan fingerprint density at radius 3 is 2.32 bits per heavy atom. The molecule has 2 aromatic carbocycles. The predicted octanol–water partition coefficient (Wildman–Crippen LogP) is 2.82. The molecule has 0 spiro atoms. The van der Waals surface area contributed by atoms with Crippen molar-refractivity contribution in [3.8, 4) is 6.07 Å². The Morgan fingerprint density at radius 2 is 1.76 bits per heavy atom. The fourth-order valence-corrected chi connectivity index (χ4v) is 2.21. The third-order valence-electron chi connectivity index (χ3n) is 3.38. The number of benzene rings is 2. The first-order chi connectivity index (χ1) is 12.0. The van der Waals surface area contributed by atoms with Gasteiger partial charge in [0.05, 0.1) is 11.6 Å². The van der Waals surface area contributed by atoms with Crippen LogP contribution in [0.1, 0.15) is 24.1 Å². The molecule has 2 aromatic rings. The van der Waals surface area contributed by atoms with Crippen LogP contribution in [-0.2, 0) is 9.59 Å². The first kappa shape index (κ1) is 17.8. The molecule has 6 nitrogen and oxygen atoms in total. The summed E-state index contributed by atoms with van der Waals surface area (Å²) < 4.78 is 0. The predicted molar refractivity (Wildman–Crippen MR) is 93.5 cm³/mol. The van der Waals surface area contributed by atoms with E-state index in [1.807, 2.05) is 6.07 Å². The molecule has 0 heterocycles. The first-order valence-corrected chi connectivity index (χ1v) is 7.53. The van der Waals surface area contributed by atoms with E-state index in [0.717, 1.165) is 0 Å². The minimum Gasteiger partial charge on any atom is -0.479 e. The lowest BCUT2D eigenvalue weighted by Crippen LogP contribution is -2.27. The summed E-state index contributed by atoms with van der Waals surface area (Å²) in [6, 6.07) is 16.2. The molecule has 0 aliphatic carbocycles. The van der Waals surface area contributed by atoms with E-state index in [1.165, 1.54) is 6.08 Å². The monoisotopic (exact) mass is 335 g/mol. The number of carbonyl (C=O) groups excluding carboxylic acids is 1. The van der Waals surface area contributed by atoms with Crippen LogP contribution in [0.2, 0.25) is 0 Å². The molecule has 0 aliphatic heterocycles. The van der Waals surface area contributed by atoms with Crippen molar-refractivity contribution in [2.24, 2.45) is 0 Å². The van der Waals surface area contributed by atoms with Gasteiger partial charge in [0, 0.05) is 17.5 Å². The van der Waals surface area contributed by atoms with Crippen molar-refractivity contribution in [1.82, 2.24) is 5.32 Å². The van der Waals surface area contributed by atoms with Crippen molar-refractivity contribution in [2.45, 2.75) is 13.0 Å². The van der Waals surface area contributed by atoms with Crippen molar-refractivity contribution in [3.63, 3.8) is 0 Å². The summed E-state index contributed by atoms with van der Waals surface area (Å²) in [5.41, 5.74) is 2.06. The maximum Gasteiger partial charge on any atom is 0.330 e. The van der Waals surface area contributed by atoms with E-state index >= 15 is 0 Å². The fourth-order valence-electron chi connectivity index (χ4n) is 2.21. The summed E-state index contributed by atoms with van der Waals surface area (Å²) >= 11 is 0. The molecule has 0 radical (unpaired) electrons. The zero-order valence-electron chi connectivity index (χ0n) is 13.6. The van der Waals surface area contributed by atoms with Gasteiger partial charge in [0.1, 0.15) is 6.04 Å². The number of anilines is 1. The summed E-state index contributed by atoms with van der Waals surface area (Å²) in [6.07, 6.45) is 1.29. The van der Waals surface area contributed by atoms with Gasteiger partial charge in [0.25, 0.3) is 0 Å². The number of aliphatic carboxylic acids is 1. The number of nitriles is 1. The highest BCUT2D eigenvalue weighted by atomic mass is 16.4. The fraction of sp³-hybridized carbons (Fsp3) is 0.105. The smallest absolute Gasteiger partial charge is 0.330 e. The van der Waals surface area contributed by atoms with Crippen LogP contribution in [0, 0.1) is 11.3 Å². The summed E-state index contributed by atoms with van der Waals surface area (Å²) in [5, 5.41) is 23.6. The van der Waals surface area contributed by atoms with Gasteiger partial charge in [-0.2, -0.15) is 5.26 Å². The second kappa shape index (κ2) is 8.31. The average Bonchev–Trinajstić information content (AvgIpc) is 2.60. The molecular formula is C19H17N3O3. The molecule has 0 saturated carbocycles. The Hall–Kier alpha value is -3.59. The number of nitrogens with one attached hydrogen (secondary N) is 2. The minimum absolute atomic E-state index is 0.396. The van der Waals surface area contributed by atoms with Gasteiger partial charge < -0.3 is 15.7 Å². The topological polar surface area (TPSA) is 102 Å². The lowest BCUT2D eigenvalue weighted by Gasteiger charge is -2.16. The molecule has 126 valence electrons. The maximum atomic E-state index is 12.0. The molecule has 0 unspecified atom stereocenters. The van der Waals surface area contributed by atoms with Gasteiger partial charge in [-0.15, -0.1) is 0 Å². The standard InChI is InChI=1S/C19H17N3O3/c1-13(21-18(19(24)25)15-5-3-2-4-6-15)11-17(23)22-16-9-7-14(12-20)8-10-16/h2-11,18,21H,1H3,(H,22,23)(H,24,25)/t18-/m1/s1. The number of carboxylic acids is 1. The summed E-state index contributed by atoms with van der Waals surface area (Å²) in [4.78, 5) is 23.5. The number of amides is 1. The molecule has 0 aromatic heterocycles. The quantitative estimate of drug-likeness (QED) is 0.705. The van der Waals surface area contributed by atoms with E-state index < -0.39 is 17.9 Å². The minimum atomic E-state index is -1.04. The Morgan fingerprint density at radius 1 is 1.12 bits per heavy atom. The summed E-state index contributed by atoms with van der Waals surface area (Å²) in [7, 11) is 0. The highest BCUT2D eigenvalue weighted by Gasteiger charge is 2.19. The maximum absolute atomic E-state index is 12.0. The number of rotatable bonds is 6. The number of hydrogen-bond donors (Lipinski definition) is 3. The van der Waals surface area contributed by atoms with Gasteiger partial charge in [-0.3, -0.25) is 4.79 Å². The van der Waals surface area contributed by atoms with Crippen LogP contribution in [0.4, 0.5) is 5.69 Å². The Balaban J connectivity index is 2.04. The molecule has 1 amide bonds. The van der Waals surface area contributed by atoms with Gasteiger partial charge in [0.15, 0.2) is 0 Å². The average molecular weight is 335 g/mol. The normalized spacial score (nSPS) is 11.9. The zero-order valence-corrected chi connectivity index (χ0v) is 13.6. The van der Waals surface area contributed by atoms with Crippen LogP contribution in [0.3, 0.4) is 0 Å². The SMILES string of the molecule is CC(=CC(=O)Nc1ccc(C#N)cc1)N[C@@H](C(=O)O)c1ccccc1. The Labute approximate surface area is 145 Å². The summed E-state index contributed by atoms with van der Waals surface area (Å²) in [6.45, 7) is 1.62. The largest absolute Gasteiger partial charge is 0.479 e. The Bertz CT molecular complexity index is 821. The van der Waals surface area contributed by atoms with Crippen molar-refractivity contribution < 1.29 is 14.7 Å². The van der Waals surface area contributed by atoms with Crippen LogP contribution in [0.15, 0.2) is 66.4 Å². The van der Waals surface area contributed by atoms with Crippen LogP contribution in [0.5, 0.6) is 0 Å². The van der Waals surface area contributed by atoms with E-state index in [1.54, 1.807) is 61.5 Å². The molecule has 25 heavy (non-hydrogen) atoms. The number of hydrogen-bond acceptors (Lipinski definition) is 4. The number of allylic oxidation sites excluding steroid dienone is 1. The molecular weight excluding hydrogens is 318 g/mol. The molecule has 1 atom stereocenters. The lowest BCUT2D eigenvalue weighted by atomic mass is 10.1. The van der Waals surface area contributed by atoms with Crippen LogP contribution < -0.4 is 10.6 Å². The van der Waals surface area contributed by atoms with E-state index in [2.05, 4.69) is 10.6 Å². The molecule has 0 bridgehead atoms. The van der Waals surface area contributed by atoms with Crippen LogP contribution in [0.25, 0.3) is 0 Å². The van der Waals surface area contributed by atoms with Crippen molar-refractivity contribution in [2.75, 3.05) is 5.32 Å². The third-order valence-corrected chi connectivity index (χ3v) is 3.38. The molecule has 0 saturated heterocycles. The molecule has 6 heteroatoms. The number of nitrogens with zero attached hydrogens (tertiary/aromatic N) is 1. The van der Waals surface area contributed by atoms with E-state index in [4.69, 9.17) is 5.26 Å². The third kappa shape index (κ3) is 5.22. The van der Waals surface area contributed by atoms with Gasteiger partial charge in [-0.1, -0.05) is 30.3 Å². The molecule has 0 fully saturated rings. The van der Waals surface area contributed by atoms with Crippen LogP contribution >= 0.6 is 0 Å². The second-order valence-corrected chi connectivity index (χ2v) is 5.33. The van der Waals surface area contributed by atoms with E-state index in [9.17, 15) is 14.7 Å². The van der Waals surface area contributed by atoms with Crippen molar-refractivity contribution in [3.05, 3.63) is 77.5 Å². The second-order valence-electron chi connectivity index (χ2n) is 5.33.